The molecule has 2 rings (SSSR count). The number of pyridine rings is 1. The molecule has 7 nitrogen and oxygen atoms in total. The minimum absolute atomic E-state index is 0.0637. The van der Waals surface area contributed by atoms with Gasteiger partial charge in [0.15, 0.2) is 8.32 Å². The number of aromatic nitrogens is 1. The molecule has 1 aliphatic carbocycles. The van der Waals surface area contributed by atoms with Gasteiger partial charge in [-0.15, -0.1) is 0 Å². The summed E-state index contributed by atoms with van der Waals surface area (Å²) in [5, 5.41) is 5.88. The molecule has 0 unspecified atom stereocenters. The van der Waals surface area contributed by atoms with Crippen molar-refractivity contribution >= 4 is 26.1 Å². The summed E-state index contributed by atoms with van der Waals surface area (Å²) in [5.41, 5.74) is 0.324. The molecule has 1 aromatic heterocycles. The minimum atomic E-state index is -1.89. The number of nitrogens with one attached hydrogen (secondary N) is 2. The van der Waals surface area contributed by atoms with Crippen molar-refractivity contribution in [3.8, 4) is 0 Å². The van der Waals surface area contributed by atoms with Gasteiger partial charge in [0.1, 0.15) is 17.5 Å². The van der Waals surface area contributed by atoms with Crippen LogP contribution in [-0.4, -0.2) is 36.9 Å². The molecule has 2 amide bonds. The third kappa shape index (κ3) is 8.69. The van der Waals surface area contributed by atoms with E-state index in [9.17, 15) is 9.59 Å². The van der Waals surface area contributed by atoms with Crippen LogP contribution < -0.4 is 10.6 Å². The van der Waals surface area contributed by atoms with Gasteiger partial charge in [0.2, 0.25) is 5.91 Å². The number of anilines is 1. The molecule has 1 fully saturated rings. The first-order valence-corrected chi connectivity index (χ1v) is 15.4. The number of nitrogens with zero attached hydrogens (tertiary/aromatic N) is 1. The molecule has 0 aromatic carbocycles. The molecule has 2 N–H and O–H groups in total. The standard InChI is InChI=1S/C26H45N3O4Si/c1-18-10-12-20(13-11-18)22(29-24(31)33-25(2,3)4)23(30)28-21-16-19(14-15-27-21)17-32-34(8,9)26(5,6)7/h14-16,18,20,22H,10-13,17H2,1-9H3,(H,29,31)(H,27,28,30)/t18?,20?,22-/m0/s1. The molecule has 1 heterocycles. The Balaban J connectivity index is 2.11. The number of amides is 2. The fourth-order valence-electron chi connectivity index (χ4n) is 3.77. The smallest absolute Gasteiger partial charge is 0.408 e. The lowest BCUT2D eigenvalue weighted by Gasteiger charge is -2.36. The van der Waals surface area contributed by atoms with E-state index in [4.69, 9.17) is 9.16 Å². The monoisotopic (exact) mass is 491 g/mol. The summed E-state index contributed by atoms with van der Waals surface area (Å²) in [6.07, 6.45) is 4.98. The second-order valence-electron chi connectivity index (χ2n) is 12.2. The van der Waals surface area contributed by atoms with Crippen LogP contribution in [0.25, 0.3) is 0 Å². The van der Waals surface area contributed by atoms with E-state index < -0.39 is 26.1 Å². The van der Waals surface area contributed by atoms with Crippen molar-refractivity contribution in [2.24, 2.45) is 11.8 Å². The van der Waals surface area contributed by atoms with Crippen LogP contribution in [0.1, 0.15) is 79.7 Å². The summed E-state index contributed by atoms with van der Waals surface area (Å²) in [6, 6.07) is 3.08. The Hall–Kier alpha value is -1.93. The summed E-state index contributed by atoms with van der Waals surface area (Å²) in [6.45, 7) is 19.2. The molecular formula is C26H45N3O4Si. The van der Waals surface area contributed by atoms with Crippen LogP contribution >= 0.6 is 0 Å². The van der Waals surface area contributed by atoms with E-state index in [1.54, 1.807) is 6.20 Å². The predicted octanol–water partition coefficient (Wildman–Crippen LogP) is 6.26. The first-order valence-electron chi connectivity index (χ1n) is 12.5. The number of rotatable bonds is 7. The first kappa shape index (κ1) is 28.3. The third-order valence-electron chi connectivity index (χ3n) is 6.97. The van der Waals surface area contributed by atoms with Crippen molar-refractivity contribution in [3.05, 3.63) is 23.9 Å². The Morgan fingerprint density at radius 1 is 1.12 bits per heavy atom. The fourth-order valence-corrected chi connectivity index (χ4v) is 4.73. The van der Waals surface area contributed by atoms with Gasteiger partial charge in [0.05, 0.1) is 6.61 Å². The van der Waals surface area contributed by atoms with Crippen LogP contribution in [0.3, 0.4) is 0 Å². The van der Waals surface area contributed by atoms with Crippen molar-refractivity contribution in [2.75, 3.05) is 5.32 Å². The number of hydrogen-bond donors (Lipinski definition) is 2. The normalized spacial score (nSPS) is 20.4. The molecule has 0 radical (unpaired) electrons. The quantitative estimate of drug-likeness (QED) is 0.439. The zero-order valence-corrected chi connectivity index (χ0v) is 23.6. The Labute approximate surface area is 206 Å². The Morgan fingerprint density at radius 2 is 1.74 bits per heavy atom. The number of hydrogen-bond acceptors (Lipinski definition) is 5. The average Bonchev–Trinajstić information content (AvgIpc) is 2.69. The SMILES string of the molecule is CC1CCC([C@H](NC(=O)OC(C)(C)C)C(=O)Nc2cc(CO[Si](C)(C)C(C)(C)C)ccn2)CC1. The second kappa shape index (κ2) is 11.2. The lowest BCUT2D eigenvalue weighted by molar-refractivity contribution is -0.119. The topological polar surface area (TPSA) is 89.5 Å². The molecule has 1 aliphatic rings. The third-order valence-corrected chi connectivity index (χ3v) is 11.4. The lowest BCUT2D eigenvalue weighted by Crippen LogP contribution is -2.50. The van der Waals surface area contributed by atoms with E-state index in [-0.39, 0.29) is 16.9 Å². The van der Waals surface area contributed by atoms with Crippen LogP contribution in [0.4, 0.5) is 10.6 Å². The molecular weight excluding hydrogens is 446 g/mol. The Morgan fingerprint density at radius 3 is 2.29 bits per heavy atom. The highest BCUT2D eigenvalue weighted by Gasteiger charge is 2.37. The summed E-state index contributed by atoms with van der Waals surface area (Å²) in [5.74, 6) is 0.899. The van der Waals surface area contributed by atoms with Gasteiger partial charge in [-0.1, -0.05) is 40.5 Å². The second-order valence-corrected chi connectivity index (χ2v) is 17.0. The van der Waals surface area contributed by atoms with Gasteiger partial charge in [-0.25, -0.2) is 9.78 Å². The molecule has 34 heavy (non-hydrogen) atoms. The van der Waals surface area contributed by atoms with Crippen molar-refractivity contribution in [3.63, 3.8) is 0 Å². The zero-order chi connectivity index (χ0) is 25.7. The van der Waals surface area contributed by atoms with Gasteiger partial charge >= 0.3 is 6.09 Å². The maximum absolute atomic E-state index is 13.3. The number of alkyl carbamates (subject to hydrolysis) is 1. The number of carbonyl (C=O) groups is 2. The van der Waals surface area contributed by atoms with Crippen LogP contribution in [0.5, 0.6) is 0 Å². The number of ether oxygens (including phenoxy) is 1. The average molecular weight is 492 g/mol. The van der Waals surface area contributed by atoms with Crippen LogP contribution in [0.2, 0.25) is 18.1 Å². The molecule has 0 spiro atoms. The van der Waals surface area contributed by atoms with Gasteiger partial charge in [-0.05, 0) is 81.3 Å². The van der Waals surface area contributed by atoms with Crippen molar-refractivity contribution in [1.29, 1.82) is 0 Å². The highest BCUT2D eigenvalue weighted by atomic mass is 28.4. The molecule has 1 atom stereocenters. The summed E-state index contributed by atoms with van der Waals surface area (Å²) in [7, 11) is -1.89. The Kier molecular flexibility index (Phi) is 9.33. The summed E-state index contributed by atoms with van der Waals surface area (Å²) < 4.78 is 11.7. The van der Waals surface area contributed by atoms with Crippen LogP contribution in [0, 0.1) is 11.8 Å². The van der Waals surface area contributed by atoms with Gasteiger partial charge < -0.3 is 19.8 Å². The van der Waals surface area contributed by atoms with Gasteiger partial charge in [0, 0.05) is 6.20 Å². The summed E-state index contributed by atoms with van der Waals surface area (Å²) in [4.78, 5) is 30.1. The zero-order valence-electron chi connectivity index (χ0n) is 22.6. The van der Waals surface area contributed by atoms with Gasteiger partial charge in [-0.3, -0.25) is 4.79 Å². The fraction of sp³-hybridized carbons (Fsp3) is 0.731. The predicted molar refractivity (Wildman–Crippen MR) is 139 cm³/mol. The highest BCUT2D eigenvalue weighted by Crippen LogP contribution is 2.37. The van der Waals surface area contributed by atoms with E-state index in [0.717, 1.165) is 31.2 Å². The highest BCUT2D eigenvalue weighted by molar-refractivity contribution is 6.74. The molecule has 1 aromatic rings. The van der Waals surface area contributed by atoms with E-state index in [1.807, 2.05) is 32.9 Å². The largest absolute Gasteiger partial charge is 0.444 e. The Bertz CT molecular complexity index is 837. The first-order chi connectivity index (χ1) is 15.6. The van der Waals surface area contributed by atoms with Crippen LogP contribution in [-0.2, 0) is 20.6 Å². The maximum atomic E-state index is 13.3. The maximum Gasteiger partial charge on any atom is 0.408 e. The van der Waals surface area contributed by atoms with Crippen LogP contribution in [0.15, 0.2) is 18.3 Å². The van der Waals surface area contributed by atoms with Crippen molar-refractivity contribution in [1.82, 2.24) is 10.3 Å². The molecule has 8 heteroatoms. The van der Waals surface area contributed by atoms with Crippen molar-refractivity contribution < 1.29 is 18.8 Å². The van der Waals surface area contributed by atoms with E-state index in [1.165, 1.54) is 0 Å². The number of carbonyl (C=O) groups excluding carboxylic acids is 2. The van der Waals surface area contributed by atoms with E-state index in [0.29, 0.717) is 18.3 Å². The molecule has 1 saturated carbocycles. The van der Waals surface area contributed by atoms with Gasteiger partial charge in [-0.2, -0.15) is 0 Å². The molecule has 0 bridgehead atoms. The molecule has 0 aliphatic heterocycles. The van der Waals surface area contributed by atoms with E-state index in [2.05, 4.69) is 56.4 Å². The minimum Gasteiger partial charge on any atom is -0.444 e. The molecule has 192 valence electrons. The molecule has 0 saturated heterocycles. The lowest BCUT2D eigenvalue weighted by atomic mass is 9.79. The summed E-state index contributed by atoms with van der Waals surface area (Å²) >= 11 is 0. The van der Waals surface area contributed by atoms with Gasteiger partial charge in [0.25, 0.3) is 0 Å². The van der Waals surface area contributed by atoms with E-state index >= 15 is 0 Å². The van der Waals surface area contributed by atoms with Crippen molar-refractivity contribution in [2.45, 2.75) is 111 Å².